The van der Waals surface area contributed by atoms with Crippen molar-refractivity contribution in [2.24, 2.45) is 5.41 Å². The molecule has 1 heterocycles. The molecule has 1 N–H and O–H groups in total. The van der Waals surface area contributed by atoms with E-state index in [0.29, 0.717) is 38.9 Å². The third kappa shape index (κ3) is 3.77. The molecular weight excluding hydrogens is 268 g/mol. The number of hydrogen-bond acceptors (Lipinski definition) is 2. The zero-order chi connectivity index (χ0) is 16.3. The van der Waals surface area contributed by atoms with Crippen LogP contribution in [0.4, 0.5) is 4.79 Å². The maximum absolute atomic E-state index is 12.7. The Labute approximate surface area is 127 Å². The van der Waals surface area contributed by atoms with Crippen LogP contribution in [-0.4, -0.2) is 52.1 Å². The van der Waals surface area contributed by atoms with E-state index >= 15 is 0 Å². The Morgan fingerprint density at radius 1 is 1.33 bits per heavy atom. The molecule has 120 valence electrons. The first-order valence-corrected chi connectivity index (χ1v) is 7.59. The molecule has 5 nitrogen and oxygen atoms in total. The Kier molecular flexibility index (Phi) is 5.42. The maximum Gasteiger partial charge on any atom is 0.320 e. The molecule has 2 amide bonds. The molecule has 0 radical (unpaired) electrons. The molecule has 0 aromatic rings. The average molecular weight is 296 g/mol. The standard InChI is InChI=1S/C16H28N2O3/c1-6-10-18(15(3,4)5)14(21)17-11-8-16(7-2,9-12-17)13(19)20/h6H,1,7-12H2,2-5H3,(H,19,20). The van der Waals surface area contributed by atoms with Gasteiger partial charge in [-0.05, 0) is 40.0 Å². The lowest BCUT2D eigenvalue weighted by atomic mass is 9.76. The first-order valence-electron chi connectivity index (χ1n) is 7.59. The highest BCUT2D eigenvalue weighted by Crippen LogP contribution is 2.35. The van der Waals surface area contributed by atoms with Gasteiger partial charge in [-0.3, -0.25) is 4.79 Å². The number of carboxylic acids is 1. The Balaban J connectivity index is 2.79. The van der Waals surface area contributed by atoms with Crippen molar-refractivity contribution in [2.45, 2.75) is 52.5 Å². The molecule has 1 rings (SSSR count). The molecule has 1 aliphatic heterocycles. The number of nitrogens with zero attached hydrogens (tertiary/aromatic N) is 2. The molecule has 1 fully saturated rings. The molecule has 21 heavy (non-hydrogen) atoms. The summed E-state index contributed by atoms with van der Waals surface area (Å²) in [5, 5.41) is 9.41. The van der Waals surface area contributed by atoms with Gasteiger partial charge in [-0.2, -0.15) is 0 Å². The number of amides is 2. The topological polar surface area (TPSA) is 60.9 Å². The second-order valence-electron chi connectivity index (χ2n) is 6.78. The number of carboxylic acid groups (broad SMARTS) is 1. The molecule has 0 unspecified atom stereocenters. The van der Waals surface area contributed by atoms with Gasteiger partial charge in [0.05, 0.1) is 5.41 Å². The maximum atomic E-state index is 12.7. The van der Waals surface area contributed by atoms with E-state index in [9.17, 15) is 14.7 Å². The van der Waals surface area contributed by atoms with Crippen LogP contribution in [0.2, 0.25) is 0 Å². The van der Waals surface area contributed by atoms with Crippen LogP contribution >= 0.6 is 0 Å². The first-order chi connectivity index (χ1) is 9.68. The Hall–Kier alpha value is -1.52. The van der Waals surface area contributed by atoms with Crippen molar-refractivity contribution >= 4 is 12.0 Å². The van der Waals surface area contributed by atoms with Crippen molar-refractivity contribution in [3.63, 3.8) is 0 Å². The smallest absolute Gasteiger partial charge is 0.320 e. The second-order valence-corrected chi connectivity index (χ2v) is 6.78. The lowest BCUT2D eigenvalue weighted by molar-refractivity contribution is -0.152. The van der Waals surface area contributed by atoms with Gasteiger partial charge in [0, 0.05) is 25.2 Å². The molecule has 5 heteroatoms. The van der Waals surface area contributed by atoms with Crippen molar-refractivity contribution in [3.05, 3.63) is 12.7 Å². The number of carbonyl (C=O) groups excluding carboxylic acids is 1. The highest BCUT2D eigenvalue weighted by atomic mass is 16.4. The van der Waals surface area contributed by atoms with E-state index in [1.807, 2.05) is 27.7 Å². The van der Waals surface area contributed by atoms with Crippen LogP contribution in [0.15, 0.2) is 12.7 Å². The molecule has 0 bridgehead atoms. The molecule has 0 spiro atoms. The van der Waals surface area contributed by atoms with Crippen LogP contribution in [0.25, 0.3) is 0 Å². The van der Waals surface area contributed by atoms with Crippen LogP contribution < -0.4 is 0 Å². The van der Waals surface area contributed by atoms with Gasteiger partial charge in [-0.1, -0.05) is 13.0 Å². The van der Waals surface area contributed by atoms with E-state index in [-0.39, 0.29) is 11.6 Å². The zero-order valence-corrected chi connectivity index (χ0v) is 13.7. The summed E-state index contributed by atoms with van der Waals surface area (Å²) in [6, 6.07) is -0.0301. The minimum atomic E-state index is -0.740. The summed E-state index contributed by atoms with van der Waals surface area (Å²) in [5.74, 6) is -0.740. The normalized spacial score (nSPS) is 18.2. The van der Waals surface area contributed by atoms with E-state index in [1.54, 1.807) is 15.9 Å². The number of aliphatic carboxylic acids is 1. The number of rotatable bonds is 4. The molecule has 1 saturated heterocycles. The molecule has 0 saturated carbocycles. The van der Waals surface area contributed by atoms with E-state index in [4.69, 9.17) is 0 Å². The van der Waals surface area contributed by atoms with Crippen molar-refractivity contribution in [3.8, 4) is 0 Å². The fourth-order valence-electron chi connectivity index (χ4n) is 2.78. The van der Waals surface area contributed by atoms with Crippen LogP contribution in [0, 0.1) is 5.41 Å². The lowest BCUT2D eigenvalue weighted by Crippen LogP contribution is -2.55. The van der Waals surface area contributed by atoms with Crippen LogP contribution in [-0.2, 0) is 4.79 Å². The molecule has 0 aromatic carbocycles. The van der Waals surface area contributed by atoms with Gasteiger partial charge in [-0.25, -0.2) is 4.79 Å². The quantitative estimate of drug-likeness (QED) is 0.811. The van der Waals surface area contributed by atoms with Crippen LogP contribution in [0.5, 0.6) is 0 Å². The second kappa shape index (κ2) is 6.50. The summed E-state index contributed by atoms with van der Waals surface area (Å²) >= 11 is 0. The van der Waals surface area contributed by atoms with E-state index < -0.39 is 11.4 Å². The monoisotopic (exact) mass is 296 g/mol. The summed E-state index contributed by atoms with van der Waals surface area (Å²) in [5.41, 5.74) is -0.945. The van der Waals surface area contributed by atoms with Crippen molar-refractivity contribution in [1.82, 2.24) is 9.80 Å². The summed E-state index contributed by atoms with van der Waals surface area (Å²) in [6.45, 7) is 13.1. The van der Waals surface area contributed by atoms with E-state index in [2.05, 4.69) is 6.58 Å². The Morgan fingerprint density at radius 3 is 2.19 bits per heavy atom. The van der Waals surface area contributed by atoms with Gasteiger partial charge in [0.15, 0.2) is 0 Å². The number of hydrogen-bond donors (Lipinski definition) is 1. The zero-order valence-electron chi connectivity index (χ0n) is 13.7. The largest absolute Gasteiger partial charge is 0.481 e. The predicted molar refractivity (Wildman–Crippen MR) is 83.2 cm³/mol. The van der Waals surface area contributed by atoms with Gasteiger partial charge in [-0.15, -0.1) is 6.58 Å². The predicted octanol–water partition coefficient (Wildman–Crippen LogP) is 2.97. The van der Waals surface area contributed by atoms with Gasteiger partial charge in [0.1, 0.15) is 0 Å². The number of likely N-dealkylation sites (tertiary alicyclic amines) is 1. The summed E-state index contributed by atoms with van der Waals surface area (Å²) in [6.07, 6.45) is 3.38. The Morgan fingerprint density at radius 2 is 1.86 bits per heavy atom. The minimum Gasteiger partial charge on any atom is -0.481 e. The molecule has 0 aliphatic carbocycles. The SMILES string of the molecule is C=CCN(C(=O)N1CCC(CC)(C(=O)O)CC1)C(C)(C)C. The number of urea groups is 1. The number of carbonyl (C=O) groups is 2. The summed E-state index contributed by atoms with van der Waals surface area (Å²) < 4.78 is 0. The third-order valence-electron chi connectivity index (χ3n) is 4.47. The minimum absolute atomic E-state index is 0.0301. The average Bonchev–Trinajstić information content (AvgIpc) is 2.42. The highest BCUT2D eigenvalue weighted by Gasteiger charge is 2.42. The van der Waals surface area contributed by atoms with Crippen molar-refractivity contribution < 1.29 is 14.7 Å². The van der Waals surface area contributed by atoms with Gasteiger partial charge in [0.25, 0.3) is 0 Å². The Bertz CT molecular complexity index is 404. The molecule has 1 aliphatic rings. The summed E-state index contributed by atoms with van der Waals surface area (Å²) in [7, 11) is 0. The third-order valence-corrected chi connectivity index (χ3v) is 4.47. The summed E-state index contributed by atoms with van der Waals surface area (Å²) in [4.78, 5) is 27.7. The van der Waals surface area contributed by atoms with Crippen molar-refractivity contribution in [1.29, 1.82) is 0 Å². The van der Waals surface area contributed by atoms with Crippen LogP contribution in [0.3, 0.4) is 0 Å². The van der Waals surface area contributed by atoms with Gasteiger partial charge in [0.2, 0.25) is 0 Å². The lowest BCUT2D eigenvalue weighted by Gasteiger charge is -2.43. The molecule has 0 atom stereocenters. The van der Waals surface area contributed by atoms with Crippen LogP contribution in [0.1, 0.15) is 47.0 Å². The number of piperidine rings is 1. The fraction of sp³-hybridized carbons (Fsp3) is 0.750. The molecular formula is C16H28N2O3. The van der Waals surface area contributed by atoms with E-state index in [0.717, 1.165) is 0 Å². The van der Waals surface area contributed by atoms with Crippen molar-refractivity contribution in [2.75, 3.05) is 19.6 Å². The fourth-order valence-corrected chi connectivity index (χ4v) is 2.78. The van der Waals surface area contributed by atoms with E-state index in [1.165, 1.54) is 0 Å². The molecule has 0 aromatic heterocycles. The van der Waals surface area contributed by atoms with Gasteiger partial charge < -0.3 is 14.9 Å². The highest BCUT2D eigenvalue weighted by molar-refractivity contribution is 5.77. The first kappa shape index (κ1) is 17.5. The van der Waals surface area contributed by atoms with Gasteiger partial charge >= 0.3 is 12.0 Å².